The van der Waals surface area contributed by atoms with Crippen LogP contribution in [-0.2, 0) is 0 Å². The minimum atomic E-state index is 0.234. The van der Waals surface area contributed by atoms with Gasteiger partial charge in [-0.3, -0.25) is 0 Å². The van der Waals surface area contributed by atoms with Crippen LogP contribution < -0.4 is 11.1 Å². The van der Waals surface area contributed by atoms with E-state index in [9.17, 15) is 0 Å². The van der Waals surface area contributed by atoms with Gasteiger partial charge in [0.2, 0.25) is 5.95 Å². The molecule has 1 unspecified atom stereocenters. The summed E-state index contributed by atoms with van der Waals surface area (Å²) in [6, 6.07) is 4.22. The van der Waals surface area contributed by atoms with Crippen molar-refractivity contribution < 1.29 is 0 Å². The highest BCUT2D eigenvalue weighted by Crippen LogP contribution is 2.10. The molecule has 2 aromatic rings. The van der Waals surface area contributed by atoms with Gasteiger partial charge in [0.1, 0.15) is 0 Å². The normalized spacial score (nSPS) is 12.9. The summed E-state index contributed by atoms with van der Waals surface area (Å²) in [4.78, 5) is 4.43. The number of fused-ring (bicyclic) bond motifs is 1. The van der Waals surface area contributed by atoms with Gasteiger partial charge in [-0.15, -0.1) is 5.10 Å². The van der Waals surface area contributed by atoms with Crippen LogP contribution in [0.4, 0.5) is 5.95 Å². The molecule has 2 heterocycles. The number of aryl methyl sites for hydroxylation is 1. The van der Waals surface area contributed by atoms with Crippen molar-refractivity contribution in [2.45, 2.75) is 26.3 Å². The largest absolute Gasteiger partial charge is 0.349 e. The van der Waals surface area contributed by atoms with Crippen molar-refractivity contribution in [3.8, 4) is 0 Å². The Morgan fingerprint density at radius 3 is 3.00 bits per heavy atom. The molecule has 2 rings (SSSR count). The molecule has 0 aliphatic heterocycles. The van der Waals surface area contributed by atoms with E-state index in [0.29, 0.717) is 12.5 Å². The Hall–Kier alpha value is -1.62. The van der Waals surface area contributed by atoms with E-state index in [-0.39, 0.29) is 6.04 Å². The molecule has 0 saturated carbocycles. The summed E-state index contributed by atoms with van der Waals surface area (Å²) in [5, 5.41) is 7.58. The molecule has 16 heavy (non-hydrogen) atoms. The summed E-state index contributed by atoms with van der Waals surface area (Å²) in [6.45, 7) is 4.70. The summed E-state index contributed by atoms with van der Waals surface area (Å²) >= 11 is 0. The molecule has 5 heteroatoms. The monoisotopic (exact) mass is 219 g/mol. The second-order valence-electron chi connectivity index (χ2n) is 3.88. The smallest absolute Gasteiger partial charge is 0.243 e. The van der Waals surface area contributed by atoms with E-state index < -0.39 is 0 Å². The van der Waals surface area contributed by atoms with Crippen molar-refractivity contribution in [2.24, 2.45) is 5.73 Å². The molecule has 0 radical (unpaired) electrons. The lowest BCUT2D eigenvalue weighted by Gasteiger charge is -2.11. The quantitative estimate of drug-likeness (QED) is 0.810. The number of aromatic nitrogens is 3. The first-order valence-electron chi connectivity index (χ1n) is 5.53. The van der Waals surface area contributed by atoms with Crippen molar-refractivity contribution in [3.05, 3.63) is 23.9 Å². The summed E-state index contributed by atoms with van der Waals surface area (Å²) in [5.41, 5.74) is 7.63. The molecule has 3 N–H and O–H groups in total. The van der Waals surface area contributed by atoms with Crippen LogP contribution in [0.25, 0.3) is 5.65 Å². The molecule has 0 aromatic carbocycles. The van der Waals surface area contributed by atoms with E-state index in [0.717, 1.165) is 17.6 Å². The topological polar surface area (TPSA) is 68.2 Å². The number of nitrogens with two attached hydrogens (primary N) is 1. The zero-order valence-corrected chi connectivity index (χ0v) is 9.64. The third-order valence-electron chi connectivity index (χ3n) is 2.67. The van der Waals surface area contributed by atoms with Crippen molar-refractivity contribution in [3.63, 3.8) is 0 Å². The maximum Gasteiger partial charge on any atom is 0.243 e. The fraction of sp³-hybridized carbons (Fsp3) is 0.455. The highest BCUT2D eigenvalue weighted by atomic mass is 15.3. The Morgan fingerprint density at radius 1 is 1.56 bits per heavy atom. The van der Waals surface area contributed by atoms with Gasteiger partial charge in [-0.25, -0.2) is 4.52 Å². The highest BCUT2D eigenvalue weighted by molar-refractivity contribution is 5.49. The average molecular weight is 219 g/mol. The fourth-order valence-electron chi connectivity index (χ4n) is 1.61. The van der Waals surface area contributed by atoms with E-state index in [1.165, 1.54) is 0 Å². The maximum atomic E-state index is 5.63. The molecule has 5 nitrogen and oxygen atoms in total. The van der Waals surface area contributed by atoms with E-state index in [1.54, 1.807) is 4.52 Å². The van der Waals surface area contributed by atoms with Gasteiger partial charge in [0.15, 0.2) is 5.65 Å². The molecule has 86 valence electrons. The van der Waals surface area contributed by atoms with Crippen LogP contribution in [0, 0.1) is 6.92 Å². The summed E-state index contributed by atoms with van der Waals surface area (Å²) < 4.78 is 1.78. The number of hydrogen-bond acceptors (Lipinski definition) is 4. The van der Waals surface area contributed by atoms with Gasteiger partial charge in [-0.1, -0.05) is 13.0 Å². The van der Waals surface area contributed by atoms with E-state index in [4.69, 9.17) is 5.73 Å². The van der Waals surface area contributed by atoms with Crippen LogP contribution in [0.15, 0.2) is 18.3 Å². The van der Waals surface area contributed by atoms with Crippen molar-refractivity contribution in [1.82, 2.24) is 14.6 Å². The first kappa shape index (κ1) is 10.9. The molecule has 0 spiro atoms. The van der Waals surface area contributed by atoms with Gasteiger partial charge < -0.3 is 11.1 Å². The molecule has 0 fully saturated rings. The van der Waals surface area contributed by atoms with Crippen LogP contribution >= 0.6 is 0 Å². The van der Waals surface area contributed by atoms with Crippen LogP contribution in [0.3, 0.4) is 0 Å². The number of pyridine rings is 1. The molecule has 0 bridgehead atoms. The fourth-order valence-corrected chi connectivity index (χ4v) is 1.61. The predicted molar refractivity (Wildman–Crippen MR) is 64.5 cm³/mol. The molecule has 2 aromatic heterocycles. The Morgan fingerprint density at radius 2 is 2.38 bits per heavy atom. The minimum absolute atomic E-state index is 0.234. The van der Waals surface area contributed by atoms with Crippen LogP contribution in [0.2, 0.25) is 0 Å². The lowest BCUT2D eigenvalue weighted by Crippen LogP contribution is -2.28. The molecule has 0 aliphatic rings. The van der Waals surface area contributed by atoms with Crippen LogP contribution in [0.5, 0.6) is 0 Å². The van der Waals surface area contributed by atoms with E-state index in [2.05, 4.69) is 22.3 Å². The Labute approximate surface area is 94.7 Å². The maximum absolute atomic E-state index is 5.63. The summed E-state index contributed by atoms with van der Waals surface area (Å²) in [7, 11) is 0. The van der Waals surface area contributed by atoms with Gasteiger partial charge in [0, 0.05) is 18.8 Å². The Kier molecular flexibility index (Phi) is 3.05. The molecule has 0 saturated heterocycles. The highest BCUT2D eigenvalue weighted by Gasteiger charge is 2.08. The molecular formula is C11H17N5. The number of rotatable bonds is 4. The predicted octanol–water partition coefficient (Wildman–Crippen LogP) is 1.19. The van der Waals surface area contributed by atoms with E-state index in [1.807, 2.05) is 25.3 Å². The van der Waals surface area contributed by atoms with Crippen molar-refractivity contribution >= 4 is 11.6 Å². The zero-order chi connectivity index (χ0) is 11.5. The van der Waals surface area contributed by atoms with Gasteiger partial charge in [-0.2, -0.15) is 4.98 Å². The number of anilines is 1. The Balaban J connectivity index is 2.29. The van der Waals surface area contributed by atoms with Gasteiger partial charge in [0.25, 0.3) is 0 Å². The standard InChI is InChI=1S/C11H17N5/c1-3-9(7-12)13-11-14-10-8(2)5-4-6-16(10)15-11/h4-6,9H,3,7,12H2,1-2H3,(H,13,15). The molecular weight excluding hydrogens is 202 g/mol. The number of hydrogen-bond donors (Lipinski definition) is 2. The average Bonchev–Trinajstić information content (AvgIpc) is 2.70. The zero-order valence-electron chi connectivity index (χ0n) is 9.64. The number of nitrogens with one attached hydrogen (secondary N) is 1. The third-order valence-corrected chi connectivity index (χ3v) is 2.67. The van der Waals surface area contributed by atoms with Crippen molar-refractivity contribution in [1.29, 1.82) is 0 Å². The van der Waals surface area contributed by atoms with Gasteiger partial charge in [-0.05, 0) is 25.0 Å². The van der Waals surface area contributed by atoms with Crippen molar-refractivity contribution in [2.75, 3.05) is 11.9 Å². The lowest BCUT2D eigenvalue weighted by atomic mass is 10.2. The number of nitrogens with zero attached hydrogens (tertiary/aromatic N) is 3. The van der Waals surface area contributed by atoms with Crippen LogP contribution in [0.1, 0.15) is 18.9 Å². The van der Waals surface area contributed by atoms with Crippen LogP contribution in [-0.4, -0.2) is 27.2 Å². The SMILES string of the molecule is CCC(CN)Nc1nc2c(C)cccn2n1. The minimum Gasteiger partial charge on any atom is -0.349 e. The molecule has 0 aliphatic carbocycles. The second-order valence-corrected chi connectivity index (χ2v) is 3.88. The first-order valence-corrected chi connectivity index (χ1v) is 5.53. The molecule has 0 amide bonds. The van der Waals surface area contributed by atoms with Gasteiger partial charge in [0.05, 0.1) is 0 Å². The summed E-state index contributed by atoms with van der Waals surface area (Å²) in [6.07, 6.45) is 2.86. The lowest BCUT2D eigenvalue weighted by molar-refractivity contribution is 0.695. The molecule has 1 atom stereocenters. The van der Waals surface area contributed by atoms with E-state index >= 15 is 0 Å². The first-order chi connectivity index (χ1) is 7.74. The van der Waals surface area contributed by atoms with Gasteiger partial charge >= 0.3 is 0 Å². The second kappa shape index (κ2) is 4.49. The summed E-state index contributed by atoms with van der Waals surface area (Å²) in [5.74, 6) is 0.645. The Bertz CT molecular complexity index is 472. The third kappa shape index (κ3) is 1.99.